The van der Waals surface area contributed by atoms with Gasteiger partial charge in [0.05, 0.1) is 6.10 Å². The van der Waals surface area contributed by atoms with Gasteiger partial charge in [-0.15, -0.1) is 0 Å². The molecule has 0 spiro atoms. The van der Waals surface area contributed by atoms with Gasteiger partial charge >= 0.3 is 0 Å². The van der Waals surface area contributed by atoms with Gasteiger partial charge < -0.3 is 10.1 Å². The molecule has 0 bridgehead atoms. The predicted octanol–water partition coefficient (Wildman–Crippen LogP) is 3.79. The molecule has 0 aromatic heterocycles. The Morgan fingerprint density at radius 3 is 2.33 bits per heavy atom. The highest BCUT2D eigenvalue weighted by molar-refractivity contribution is 5.27. The number of hydrogen-bond acceptors (Lipinski definition) is 2. The van der Waals surface area contributed by atoms with E-state index in [9.17, 15) is 0 Å². The SMILES string of the molecule is CCCNC(C)CC(C)Oc1ccc(CC)cc1. The van der Waals surface area contributed by atoms with E-state index in [2.05, 4.69) is 57.3 Å². The normalized spacial score (nSPS) is 14.2. The molecule has 18 heavy (non-hydrogen) atoms. The fraction of sp³-hybridized carbons (Fsp3) is 0.625. The summed E-state index contributed by atoms with van der Waals surface area (Å²) in [6.07, 6.45) is 3.54. The molecule has 0 fully saturated rings. The first-order valence-electron chi connectivity index (χ1n) is 7.14. The van der Waals surface area contributed by atoms with Crippen molar-refractivity contribution in [2.24, 2.45) is 0 Å². The second-order valence-corrected chi connectivity index (χ2v) is 5.02. The van der Waals surface area contributed by atoms with Gasteiger partial charge in [-0.05, 0) is 57.4 Å². The van der Waals surface area contributed by atoms with Gasteiger partial charge in [0.25, 0.3) is 0 Å². The van der Waals surface area contributed by atoms with Crippen molar-refractivity contribution in [3.05, 3.63) is 29.8 Å². The molecule has 1 rings (SSSR count). The highest BCUT2D eigenvalue weighted by Gasteiger charge is 2.09. The molecule has 2 heteroatoms. The molecule has 1 aromatic carbocycles. The van der Waals surface area contributed by atoms with Crippen LogP contribution >= 0.6 is 0 Å². The van der Waals surface area contributed by atoms with Crippen LogP contribution in [0.4, 0.5) is 0 Å². The van der Waals surface area contributed by atoms with E-state index in [0.29, 0.717) is 6.04 Å². The van der Waals surface area contributed by atoms with Crippen molar-refractivity contribution in [2.75, 3.05) is 6.54 Å². The minimum atomic E-state index is 0.247. The lowest BCUT2D eigenvalue weighted by Gasteiger charge is -2.20. The zero-order valence-electron chi connectivity index (χ0n) is 12.2. The molecule has 2 unspecified atom stereocenters. The number of nitrogens with one attached hydrogen (secondary N) is 1. The second-order valence-electron chi connectivity index (χ2n) is 5.02. The van der Waals surface area contributed by atoms with Crippen LogP contribution in [0.25, 0.3) is 0 Å². The lowest BCUT2D eigenvalue weighted by Crippen LogP contribution is -2.31. The standard InChI is InChI=1S/C16H27NO/c1-5-11-17-13(3)12-14(4)18-16-9-7-15(6-2)8-10-16/h7-10,13-14,17H,5-6,11-12H2,1-4H3. The largest absolute Gasteiger partial charge is 0.491 e. The van der Waals surface area contributed by atoms with Crippen molar-refractivity contribution >= 4 is 0 Å². The maximum absolute atomic E-state index is 5.92. The average Bonchev–Trinajstić information content (AvgIpc) is 2.37. The first-order valence-corrected chi connectivity index (χ1v) is 7.14. The lowest BCUT2D eigenvalue weighted by atomic mass is 10.1. The van der Waals surface area contributed by atoms with Crippen LogP contribution in [0.15, 0.2) is 24.3 Å². The van der Waals surface area contributed by atoms with Crippen LogP contribution in [0.2, 0.25) is 0 Å². The molecule has 2 atom stereocenters. The maximum atomic E-state index is 5.92. The van der Waals surface area contributed by atoms with Crippen LogP contribution in [0, 0.1) is 0 Å². The topological polar surface area (TPSA) is 21.3 Å². The Morgan fingerprint density at radius 2 is 1.78 bits per heavy atom. The van der Waals surface area contributed by atoms with Crippen molar-refractivity contribution in [3.8, 4) is 5.75 Å². The van der Waals surface area contributed by atoms with Gasteiger partial charge in [-0.25, -0.2) is 0 Å². The van der Waals surface area contributed by atoms with Gasteiger partial charge in [0.2, 0.25) is 0 Å². The van der Waals surface area contributed by atoms with Crippen molar-refractivity contribution in [3.63, 3.8) is 0 Å². The molecule has 0 amide bonds. The molecular weight excluding hydrogens is 222 g/mol. The van der Waals surface area contributed by atoms with Crippen LogP contribution in [-0.2, 0) is 6.42 Å². The van der Waals surface area contributed by atoms with Crippen LogP contribution in [-0.4, -0.2) is 18.7 Å². The molecule has 0 saturated carbocycles. The van der Waals surface area contributed by atoms with Crippen molar-refractivity contribution in [1.29, 1.82) is 0 Å². The first kappa shape index (κ1) is 15.0. The van der Waals surface area contributed by atoms with E-state index in [0.717, 1.165) is 25.1 Å². The zero-order valence-corrected chi connectivity index (χ0v) is 12.2. The molecule has 2 nitrogen and oxygen atoms in total. The van der Waals surface area contributed by atoms with E-state index >= 15 is 0 Å². The van der Waals surface area contributed by atoms with E-state index < -0.39 is 0 Å². The highest BCUT2D eigenvalue weighted by Crippen LogP contribution is 2.15. The van der Waals surface area contributed by atoms with Crippen molar-refractivity contribution in [2.45, 2.75) is 59.1 Å². The van der Waals surface area contributed by atoms with Crippen LogP contribution in [0.5, 0.6) is 5.75 Å². The van der Waals surface area contributed by atoms with E-state index in [4.69, 9.17) is 4.74 Å². The van der Waals surface area contributed by atoms with Gasteiger partial charge in [0.1, 0.15) is 5.75 Å². The predicted molar refractivity (Wildman–Crippen MR) is 78.3 cm³/mol. The first-order chi connectivity index (χ1) is 8.65. The van der Waals surface area contributed by atoms with Gasteiger partial charge in [0, 0.05) is 6.04 Å². The van der Waals surface area contributed by atoms with Crippen LogP contribution in [0.1, 0.15) is 46.1 Å². The zero-order chi connectivity index (χ0) is 13.4. The summed E-state index contributed by atoms with van der Waals surface area (Å²) in [5.74, 6) is 0.974. The van der Waals surface area contributed by atoms with Gasteiger partial charge in [0.15, 0.2) is 0 Å². The summed E-state index contributed by atoms with van der Waals surface area (Å²) in [4.78, 5) is 0. The smallest absolute Gasteiger partial charge is 0.119 e. The molecule has 0 radical (unpaired) electrons. The third-order valence-corrected chi connectivity index (χ3v) is 3.10. The Morgan fingerprint density at radius 1 is 1.11 bits per heavy atom. The molecule has 1 N–H and O–H groups in total. The van der Waals surface area contributed by atoms with Crippen LogP contribution in [0.3, 0.4) is 0 Å². The molecule has 0 heterocycles. The maximum Gasteiger partial charge on any atom is 0.119 e. The quantitative estimate of drug-likeness (QED) is 0.756. The molecule has 0 aliphatic rings. The Hall–Kier alpha value is -1.02. The van der Waals surface area contributed by atoms with E-state index in [-0.39, 0.29) is 6.10 Å². The Bertz CT molecular complexity index is 320. The third-order valence-electron chi connectivity index (χ3n) is 3.10. The summed E-state index contributed by atoms with van der Waals surface area (Å²) in [6, 6.07) is 8.93. The lowest BCUT2D eigenvalue weighted by molar-refractivity contribution is 0.196. The van der Waals surface area contributed by atoms with Gasteiger partial charge in [-0.1, -0.05) is 26.0 Å². The second kappa shape index (κ2) is 8.15. The molecule has 102 valence electrons. The Balaban J connectivity index is 2.36. The monoisotopic (exact) mass is 249 g/mol. The number of aryl methyl sites for hydroxylation is 1. The number of benzene rings is 1. The molecule has 0 saturated heterocycles. The van der Waals surface area contributed by atoms with Crippen molar-refractivity contribution in [1.82, 2.24) is 5.32 Å². The molecule has 0 aliphatic heterocycles. The van der Waals surface area contributed by atoms with Gasteiger partial charge in [-0.3, -0.25) is 0 Å². The summed E-state index contributed by atoms with van der Waals surface area (Å²) < 4.78 is 5.92. The van der Waals surface area contributed by atoms with E-state index in [1.54, 1.807) is 0 Å². The average molecular weight is 249 g/mol. The minimum absolute atomic E-state index is 0.247. The fourth-order valence-electron chi connectivity index (χ4n) is 2.06. The Kier molecular flexibility index (Phi) is 6.81. The minimum Gasteiger partial charge on any atom is -0.491 e. The van der Waals surface area contributed by atoms with Gasteiger partial charge in [-0.2, -0.15) is 0 Å². The third kappa shape index (κ3) is 5.54. The summed E-state index contributed by atoms with van der Waals surface area (Å²) in [7, 11) is 0. The van der Waals surface area contributed by atoms with E-state index in [1.165, 1.54) is 12.0 Å². The highest BCUT2D eigenvalue weighted by atomic mass is 16.5. The number of rotatable bonds is 8. The summed E-state index contributed by atoms with van der Waals surface area (Å²) in [5, 5.41) is 3.49. The van der Waals surface area contributed by atoms with Crippen LogP contribution < -0.4 is 10.1 Å². The van der Waals surface area contributed by atoms with E-state index in [1.807, 2.05) is 0 Å². The summed E-state index contributed by atoms with van der Waals surface area (Å²) in [5.41, 5.74) is 1.35. The number of hydrogen-bond donors (Lipinski definition) is 1. The molecular formula is C16H27NO. The summed E-state index contributed by atoms with van der Waals surface area (Å²) in [6.45, 7) is 9.79. The fourth-order valence-corrected chi connectivity index (χ4v) is 2.06. The number of ether oxygens (including phenoxy) is 1. The Labute approximate surface area is 112 Å². The summed E-state index contributed by atoms with van der Waals surface area (Å²) >= 11 is 0. The molecule has 0 aliphatic carbocycles. The van der Waals surface area contributed by atoms with Crippen molar-refractivity contribution < 1.29 is 4.74 Å². The molecule has 1 aromatic rings.